The van der Waals surface area contributed by atoms with E-state index in [9.17, 15) is 4.79 Å². The zero-order valence-corrected chi connectivity index (χ0v) is 8.53. The van der Waals surface area contributed by atoms with Crippen LogP contribution in [0, 0.1) is 6.57 Å². The first-order valence-electron chi connectivity index (χ1n) is 4.94. The molecule has 0 spiro atoms. The first-order valence-corrected chi connectivity index (χ1v) is 4.94. The summed E-state index contributed by atoms with van der Waals surface area (Å²) in [4.78, 5) is 16.8. The molecule has 0 saturated carbocycles. The van der Waals surface area contributed by atoms with Gasteiger partial charge in [0.2, 0.25) is 6.54 Å². The van der Waals surface area contributed by atoms with Crippen molar-refractivity contribution in [1.29, 1.82) is 0 Å². The number of carbonyl (C=O) groups is 1. The van der Waals surface area contributed by atoms with Gasteiger partial charge in [0.25, 0.3) is 0 Å². The van der Waals surface area contributed by atoms with Gasteiger partial charge in [0, 0.05) is 0 Å². The monoisotopic (exact) mass is 196 g/mol. The first kappa shape index (κ1) is 11.0. The molecule has 4 nitrogen and oxygen atoms in total. The second kappa shape index (κ2) is 5.61. The Morgan fingerprint density at radius 1 is 1.64 bits per heavy atom. The molecule has 1 aliphatic heterocycles. The summed E-state index contributed by atoms with van der Waals surface area (Å²) in [6.07, 6.45) is 3.06. The van der Waals surface area contributed by atoms with E-state index in [-0.39, 0.29) is 12.0 Å². The Morgan fingerprint density at radius 2 is 2.43 bits per heavy atom. The maximum Gasteiger partial charge on any atom is 0.323 e. The van der Waals surface area contributed by atoms with Crippen molar-refractivity contribution < 1.29 is 9.53 Å². The third-order valence-electron chi connectivity index (χ3n) is 2.59. The van der Waals surface area contributed by atoms with Gasteiger partial charge in [-0.05, 0) is 19.4 Å². The lowest BCUT2D eigenvalue weighted by atomic mass is 10.0. The molecule has 0 amide bonds. The van der Waals surface area contributed by atoms with Crippen LogP contribution in [0.25, 0.3) is 4.85 Å². The molecule has 0 aromatic rings. The number of piperidine rings is 1. The molecular formula is C10H16N2O2. The minimum atomic E-state index is -0.158. The van der Waals surface area contributed by atoms with Crippen LogP contribution in [0.3, 0.4) is 0 Å². The van der Waals surface area contributed by atoms with Crippen molar-refractivity contribution in [1.82, 2.24) is 4.90 Å². The van der Waals surface area contributed by atoms with Crippen LogP contribution >= 0.6 is 0 Å². The summed E-state index contributed by atoms with van der Waals surface area (Å²) in [5, 5.41) is 0. The van der Waals surface area contributed by atoms with Gasteiger partial charge in [-0.1, -0.05) is 6.42 Å². The van der Waals surface area contributed by atoms with Gasteiger partial charge in [0.05, 0.1) is 13.7 Å². The van der Waals surface area contributed by atoms with Crippen molar-refractivity contribution in [3.63, 3.8) is 0 Å². The van der Waals surface area contributed by atoms with Gasteiger partial charge in [0.1, 0.15) is 6.04 Å². The number of ether oxygens (including phenoxy) is 1. The lowest BCUT2D eigenvalue weighted by Gasteiger charge is -2.32. The summed E-state index contributed by atoms with van der Waals surface area (Å²) in [6, 6.07) is -0.115. The van der Waals surface area contributed by atoms with E-state index in [4.69, 9.17) is 11.3 Å². The molecule has 0 radical (unpaired) electrons. The fourth-order valence-electron chi connectivity index (χ4n) is 1.84. The molecule has 1 aliphatic rings. The molecule has 4 heteroatoms. The summed E-state index contributed by atoms with van der Waals surface area (Å²) in [7, 11) is 1.42. The van der Waals surface area contributed by atoms with Crippen molar-refractivity contribution in [3.8, 4) is 0 Å². The van der Waals surface area contributed by atoms with Crippen LogP contribution in [0.2, 0.25) is 0 Å². The fourth-order valence-corrected chi connectivity index (χ4v) is 1.84. The zero-order chi connectivity index (χ0) is 10.4. The van der Waals surface area contributed by atoms with E-state index in [0.29, 0.717) is 13.1 Å². The largest absolute Gasteiger partial charge is 0.468 e. The Bertz CT molecular complexity index is 235. The quantitative estimate of drug-likeness (QED) is 0.497. The minimum absolute atomic E-state index is 0.115. The van der Waals surface area contributed by atoms with Crippen LogP contribution in [-0.4, -0.2) is 43.7 Å². The van der Waals surface area contributed by atoms with Crippen molar-refractivity contribution in [3.05, 3.63) is 11.4 Å². The topological polar surface area (TPSA) is 33.9 Å². The van der Waals surface area contributed by atoms with E-state index < -0.39 is 0 Å². The van der Waals surface area contributed by atoms with Crippen molar-refractivity contribution in [2.75, 3.05) is 26.7 Å². The number of hydrogen-bond acceptors (Lipinski definition) is 3. The predicted molar refractivity (Wildman–Crippen MR) is 52.7 cm³/mol. The van der Waals surface area contributed by atoms with E-state index >= 15 is 0 Å². The average Bonchev–Trinajstić information content (AvgIpc) is 2.25. The Balaban J connectivity index is 2.50. The molecule has 0 aliphatic carbocycles. The third-order valence-corrected chi connectivity index (χ3v) is 2.59. The van der Waals surface area contributed by atoms with Gasteiger partial charge in [-0.15, -0.1) is 0 Å². The van der Waals surface area contributed by atoms with Crippen LogP contribution in [0.15, 0.2) is 0 Å². The molecule has 1 atom stereocenters. The van der Waals surface area contributed by atoms with Crippen molar-refractivity contribution in [2.45, 2.75) is 25.3 Å². The normalized spacial score (nSPS) is 22.7. The molecule has 0 N–H and O–H groups in total. The second-order valence-corrected chi connectivity index (χ2v) is 3.45. The number of hydrogen-bond donors (Lipinski definition) is 0. The molecule has 78 valence electrons. The van der Waals surface area contributed by atoms with Gasteiger partial charge in [-0.25, -0.2) is 6.57 Å². The highest BCUT2D eigenvalue weighted by Gasteiger charge is 2.29. The Hall–Kier alpha value is -1.08. The highest BCUT2D eigenvalue weighted by molar-refractivity contribution is 5.75. The summed E-state index contributed by atoms with van der Waals surface area (Å²) in [6.45, 7) is 8.78. The summed E-state index contributed by atoms with van der Waals surface area (Å²) in [5.41, 5.74) is 0. The lowest BCUT2D eigenvalue weighted by molar-refractivity contribution is -0.148. The van der Waals surface area contributed by atoms with Crippen molar-refractivity contribution >= 4 is 5.97 Å². The van der Waals surface area contributed by atoms with Gasteiger partial charge >= 0.3 is 5.97 Å². The molecule has 1 saturated heterocycles. The van der Waals surface area contributed by atoms with Gasteiger partial charge in [-0.2, -0.15) is 0 Å². The Morgan fingerprint density at radius 3 is 3.07 bits per heavy atom. The van der Waals surface area contributed by atoms with Crippen LogP contribution in [0.5, 0.6) is 0 Å². The van der Waals surface area contributed by atoms with Crippen LogP contribution < -0.4 is 0 Å². The van der Waals surface area contributed by atoms with Gasteiger partial charge < -0.3 is 9.58 Å². The van der Waals surface area contributed by atoms with Crippen LogP contribution in [0.4, 0.5) is 0 Å². The molecule has 0 aromatic carbocycles. The van der Waals surface area contributed by atoms with Crippen LogP contribution in [0.1, 0.15) is 19.3 Å². The molecule has 1 heterocycles. The summed E-state index contributed by atoms with van der Waals surface area (Å²) < 4.78 is 4.74. The number of rotatable bonds is 3. The molecule has 0 bridgehead atoms. The molecule has 1 fully saturated rings. The predicted octanol–water partition coefficient (Wildman–Crippen LogP) is 0.933. The SMILES string of the molecule is [C-]#[N+]CCN1CCCCC1C(=O)OC. The highest BCUT2D eigenvalue weighted by Crippen LogP contribution is 2.17. The van der Waals surface area contributed by atoms with Crippen molar-refractivity contribution in [2.24, 2.45) is 0 Å². The maximum absolute atomic E-state index is 11.4. The van der Waals surface area contributed by atoms with E-state index in [0.717, 1.165) is 25.8 Å². The molecule has 14 heavy (non-hydrogen) atoms. The van der Waals surface area contributed by atoms with E-state index in [1.54, 1.807) is 0 Å². The summed E-state index contributed by atoms with van der Waals surface area (Å²) in [5.74, 6) is -0.158. The molecule has 0 aromatic heterocycles. The van der Waals surface area contributed by atoms with E-state index in [1.165, 1.54) is 7.11 Å². The highest BCUT2D eigenvalue weighted by atomic mass is 16.5. The number of esters is 1. The number of nitrogens with zero attached hydrogens (tertiary/aromatic N) is 2. The van der Waals surface area contributed by atoms with Gasteiger partial charge in [0.15, 0.2) is 0 Å². The minimum Gasteiger partial charge on any atom is -0.468 e. The molecule has 1 unspecified atom stereocenters. The maximum atomic E-state index is 11.4. The Kier molecular flexibility index (Phi) is 4.41. The number of likely N-dealkylation sites (tertiary alicyclic amines) is 1. The molecular weight excluding hydrogens is 180 g/mol. The first-order chi connectivity index (χ1) is 6.79. The standard InChI is InChI=1S/C10H16N2O2/c1-11-6-8-12-7-4-3-5-9(12)10(13)14-2/h9H,3-8H2,2H3. The average molecular weight is 196 g/mol. The number of methoxy groups -OCH3 is 1. The lowest BCUT2D eigenvalue weighted by Crippen LogP contribution is -2.46. The molecule has 1 rings (SSSR count). The smallest absolute Gasteiger partial charge is 0.323 e. The van der Waals surface area contributed by atoms with E-state index in [2.05, 4.69) is 9.74 Å². The van der Waals surface area contributed by atoms with Gasteiger partial charge in [-0.3, -0.25) is 9.69 Å². The third kappa shape index (κ3) is 2.71. The fraction of sp³-hybridized carbons (Fsp3) is 0.800. The second-order valence-electron chi connectivity index (χ2n) is 3.45. The van der Waals surface area contributed by atoms with E-state index in [1.807, 2.05) is 0 Å². The Labute approximate surface area is 84.7 Å². The number of carbonyl (C=O) groups excluding carboxylic acids is 1. The summed E-state index contributed by atoms with van der Waals surface area (Å²) >= 11 is 0. The zero-order valence-electron chi connectivity index (χ0n) is 8.53. The van der Waals surface area contributed by atoms with Crippen LogP contribution in [-0.2, 0) is 9.53 Å².